The second kappa shape index (κ2) is 7.06. The van der Waals surface area contributed by atoms with Crippen LogP contribution in [-0.4, -0.2) is 25.9 Å². The van der Waals surface area contributed by atoms with Gasteiger partial charge in [0.2, 0.25) is 0 Å². The molecule has 2 heterocycles. The van der Waals surface area contributed by atoms with Crippen molar-refractivity contribution >= 4 is 34.9 Å². The van der Waals surface area contributed by atoms with Crippen LogP contribution < -0.4 is 0 Å². The summed E-state index contributed by atoms with van der Waals surface area (Å²) in [5.74, 6) is 1.11. The van der Waals surface area contributed by atoms with Crippen molar-refractivity contribution in [1.29, 1.82) is 0 Å². The number of unbranched alkanes of at least 4 members (excludes halogenated alkanes) is 1. The molecule has 2 rings (SSSR count). The summed E-state index contributed by atoms with van der Waals surface area (Å²) in [6.07, 6.45) is 4.20. The molecule has 0 aliphatic rings. The third kappa shape index (κ3) is 4.22. The Morgan fingerprint density at radius 3 is 2.89 bits per heavy atom. The lowest BCUT2D eigenvalue weighted by molar-refractivity contribution is 0.892. The minimum absolute atomic E-state index is 0.733. The molecule has 18 heavy (non-hydrogen) atoms. The molecule has 7 heteroatoms. The zero-order valence-corrected chi connectivity index (χ0v) is 12.7. The van der Waals surface area contributed by atoms with Crippen molar-refractivity contribution in [2.75, 3.05) is 5.75 Å². The second-order valence-corrected chi connectivity index (χ2v) is 7.15. The van der Waals surface area contributed by atoms with Gasteiger partial charge in [0.1, 0.15) is 0 Å². The van der Waals surface area contributed by atoms with Crippen LogP contribution in [0, 0.1) is 6.92 Å². The molecule has 0 bridgehead atoms. The summed E-state index contributed by atoms with van der Waals surface area (Å²) in [7, 11) is 0. The summed E-state index contributed by atoms with van der Waals surface area (Å²) in [6.45, 7) is 4.15. The third-order valence-corrected chi connectivity index (χ3v) is 5.14. The van der Waals surface area contributed by atoms with Gasteiger partial charge in [0.25, 0.3) is 0 Å². The number of thioether (sulfide) groups is 1. The van der Waals surface area contributed by atoms with Gasteiger partial charge in [-0.3, -0.25) is 0 Å². The maximum absolute atomic E-state index is 4.34. The molecule has 96 valence electrons. The highest BCUT2D eigenvalue weighted by Gasteiger charge is 2.08. The first-order chi connectivity index (χ1) is 8.78. The van der Waals surface area contributed by atoms with Crippen LogP contribution in [0.5, 0.6) is 0 Å². The van der Waals surface area contributed by atoms with E-state index >= 15 is 0 Å². The fourth-order valence-electron chi connectivity index (χ4n) is 1.15. The van der Waals surface area contributed by atoms with Gasteiger partial charge < -0.3 is 0 Å². The van der Waals surface area contributed by atoms with Crippen molar-refractivity contribution in [2.45, 2.75) is 40.5 Å². The molecule has 4 nitrogen and oxygen atoms in total. The van der Waals surface area contributed by atoms with Crippen molar-refractivity contribution in [3.05, 3.63) is 18.0 Å². The monoisotopic (exact) mass is 298 g/mol. The normalized spacial score (nSPS) is 10.8. The molecule has 0 unspecified atom stereocenters. The van der Waals surface area contributed by atoms with Gasteiger partial charge in [-0.25, -0.2) is 9.97 Å². The number of aromatic nitrogens is 4. The van der Waals surface area contributed by atoms with E-state index in [9.17, 15) is 0 Å². The highest BCUT2D eigenvalue weighted by molar-refractivity contribution is 8.03. The molecule has 0 spiro atoms. The maximum atomic E-state index is 4.34. The number of rotatable bonds is 6. The van der Waals surface area contributed by atoms with Gasteiger partial charge in [0.05, 0.1) is 0 Å². The summed E-state index contributed by atoms with van der Waals surface area (Å²) in [5.41, 5.74) is 0.967. The van der Waals surface area contributed by atoms with Crippen LogP contribution in [0.3, 0.4) is 0 Å². The van der Waals surface area contributed by atoms with E-state index in [1.165, 1.54) is 24.6 Å². The largest absolute Gasteiger partial charge is 0.231 e. The lowest BCUT2D eigenvalue weighted by atomic mass is 10.4. The van der Waals surface area contributed by atoms with Gasteiger partial charge in [-0.2, -0.15) is 0 Å². The Morgan fingerprint density at radius 2 is 2.11 bits per heavy atom. The zero-order chi connectivity index (χ0) is 12.8. The lowest BCUT2D eigenvalue weighted by Crippen LogP contribution is -1.87. The topological polar surface area (TPSA) is 51.6 Å². The Morgan fingerprint density at radius 1 is 1.28 bits per heavy atom. The average Bonchev–Trinajstić information content (AvgIpc) is 2.77. The molecule has 0 saturated heterocycles. The van der Waals surface area contributed by atoms with E-state index in [1.54, 1.807) is 29.3 Å². The van der Waals surface area contributed by atoms with Crippen LogP contribution >= 0.6 is 34.9 Å². The smallest absolute Gasteiger partial charge is 0.194 e. The van der Waals surface area contributed by atoms with E-state index < -0.39 is 0 Å². The quantitative estimate of drug-likeness (QED) is 0.460. The van der Waals surface area contributed by atoms with Crippen LogP contribution in [0.1, 0.15) is 25.5 Å². The molecule has 0 aromatic carbocycles. The summed E-state index contributed by atoms with van der Waals surface area (Å²) < 4.78 is 1.93. The molecule has 0 amide bonds. The first-order valence-corrected chi connectivity index (χ1v) is 8.33. The SMILES string of the molecule is CCCCSc1nnc(Sc2nccc(C)n2)s1. The van der Waals surface area contributed by atoms with E-state index in [0.29, 0.717) is 0 Å². The molecular formula is C11H14N4S3. The van der Waals surface area contributed by atoms with Crippen LogP contribution in [0.4, 0.5) is 0 Å². The first-order valence-electron chi connectivity index (χ1n) is 5.71. The molecule has 0 atom stereocenters. The Kier molecular flexibility index (Phi) is 5.40. The van der Waals surface area contributed by atoms with Crippen LogP contribution in [0.25, 0.3) is 0 Å². The molecule has 0 fully saturated rings. The molecule has 0 radical (unpaired) electrons. The van der Waals surface area contributed by atoms with E-state index in [-0.39, 0.29) is 0 Å². The number of aryl methyl sites for hydroxylation is 1. The minimum atomic E-state index is 0.733. The molecular weight excluding hydrogens is 284 g/mol. The van der Waals surface area contributed by atoms with Crippen LogP contribution in [0.15, 0.2) is 26.1 Å². The lowest BCUT2D eigenvalue weighted by Gasteiger charge is -1.95. The van der Waals surface area contributed by atoms with Crippen LogP contribution in [0.2, 0.25) is 0 Å². The number of hydrogen-bond donors (Lipinski definition) is 0. The summed E-state index contributed by atoms with van der Waals surface area (Å²) >= 11 is 4.85. The van der Waals surface area contributed by atoms with Crippen molar-refractivity contribution < 1.29 is 0 Å². The zero-order valence-electron chi connectivity index (χ0n) is 10.3. The van der Waals surface area contributed by atoms with Gasteiger partial charge in [0, 0.05) is 17.6 Å². The number of hydrogen-bond acceptors (Lipinski definition) is 7. The fraction of sp³-hybridized carbons (Fsp3) is 0.455. The molecule has 0 aliphatic carbocycles. The number of nitrogens with zero attached hydrogens (tertiary/aromatic N) is 4. The third-order valence-electron chi connectivity index (χ3n) is 2.06. The van der Waals surface area contributed by atoms with Gasteiger partial charge in [-0.05, 0) is 31.2 Å². The predicted molar refractivity (Wildman–Crippen MR) is 76.4 cm³/mol. The maximum Gasteiger partial charge on any atom is 0.194 e. The van der Waals surface area contributed by atoms with Crippen molar-refractivity contribution in [3.8, 4) is 0 Å². The molecule has 0 aliphatic heterocycles. The van der Waals surface area contributed by atoms with Crippen molar-refractivity contribution in [3.63, 3.8) is 0 Å². The van der Waals surface area contributed by atoms with E-state index in [4.69, 9.17) is 0 Å². The summed E-state index contributed by atoms with van der Waals surface area (Å²) in [6, 6.07) is 1.89. The summed E-state index contributed by atoms with van der Waals surface area (Å²) in [4.78, 5) is 8.54. The van der Waals surface area contributed by atoms with Gasteiger partial charge in [0.15, 0.2) is 13.8 Å². The van der Waals surface area contributed by atoms with E-state index in [1.807, 2.05) is 13.0 Å². The van der Waals surface area contributed by atoms with Crippen molar-refractivity contribution in [1.82, 2.24) is 20.2 Å². The predicted octanol–water partition coefficient (Wildman–Crippen LogP) is 3.68. The molecule has 2 aromatic heterocycles. The minimum Gasteiger partial charge on any atom is -0.231 e. The highest BCUT2D eigenvalue weighted by atomic mass is 32.2. The van der Waals surface area contributed by atoms with E-state index in [0.717, 1.165) is 25.3 Å². The Labute approximate surface area is 119 Å². The summed E-state index contributed by atoms with van der Waals surface area (Å²) in [5, 5.41) is 9.04. The second-order valence-electron chi connectivity index (χ2n) is 3.62. The molecule has 0 saturated carbocycles. The Balaban J connectivity index is 1.94. The van der Waals surface area contributed by atoms with Gasteiger partial charge >= 0.3 is 0 Å². The van der Waals surface area contributed by atoms with Crippen LogP contribution in [-0.2, 0) is 0 Å². The Hall–Kier alpha value is -0.660. The standard InChI is InChI=1S/C11H14N4S3/c1-3-4-7-16-10-14-15-11(18-10)17-9-12-6-5-8(2)13-9/h5-6H,3-4,7H2,1-2H3. The first kappa shape index (κ1) is 13.8. The highest BCUT2D eigenvalue weighted by Crippen LogP contribution is 2.31. The van der Waals surface area contributed by atoms with Crippen molar-refractivity contribution in [2.24, 2.45) is 0 Å². The molecule has 0 N–H and O–H groups in total. The molecule has 2 aromatic rings. The fourth-order valence-corrected chi connectivity index (χ4v) is 4.22. The van der Waals surface area contributed by atoms with Gasteiger partial charge in [-0.1, -0.05) is 36.4 Å². The average molecular weight is 298 g/mol. The Bertz CT molecular complexity index is 501. The van der Waals surface area contributed by atoms with Gasteiger partial charge in [-0.15, -0.1) is 10.2 Å². The van der Waals surface area contributed by atoms with E-state index in [2.05, 4.69) is 27.1 Å².